The van der Waals surface area contributed by atoms with Gasteiger partial charge < -0.3 is 4.90 Å². The average molecular weight is 298 g/mol. The summed E-state index contributed by atoms with van der Waals surface area (Å²) in [5.41, 5.74) is 3.61. The van der Waals surface area contributed by atoms with Crippen LogP contribution in [0.2, 0.25) is 5.02 Å². The summed E-state index contributed by atoms with van der Waals surface area (Å²) in [6.45, 7) is 4.20. The van der Waals surface area contributed by atoms with Crippen molar-refractivity contribution < 1.29 is 9.63 Å². The Labute approximate surface area is 124 Å². The van der Waals surface area contributed by atoms with E-state index in [2.05, 4.69) is 15.2 Å². The molecule has 1 saturated heterocycles. The molecule has 2 rings (SSSR count). The van der Waals surface area contributed by atoms with E-state index in [4.69, 9.17) is 11.6 Å². The monoisotopic (exact) mass is 297 g/mol. The second-order valence-corrected chi connectivity index (χ2v) is 5.29. The first-order valence-corrected chi connectivity index (χ1v) is 7.11. The van der Waals surface area contributed by atoms with Crippen LogP contribution in [0.15, 0.2) is 24.3 Å². The summed E-state index contributed by atoms with van der Waals surface area (Å²) in [7, 11) is 1.45. The minimum atomic E-state index is -0.166. The van der Waals surface area contributed by atoms with Crippen molar-refractivity contribution in [2.45, 2.75) is 13.0 Å². The second kappa shape index (κ2) is 7.47. The van der Waals surface area contributed by atoms with E-state index in [1.807, 2.05) is 24.3 Å². The summed E-state index contributed by atoms with van der Waals surface area (Å²) in [5, 5.41) is 0.757. The third-order valence-electron chi connectivity index (χ3n) is 3.38. The van der Waals surface area contributed by atoms with Crippen molar-refractivity contribution in [1.29, 1.82) is 0 Å². The lowest BCUT2D eigenvalue weighted by molar-refractivity contribution is 0.0872. The number of nitrogens with one attached hydrogen (secondary N) is 1. The summed E-state index contributed by atoms with van der Waals surface area (Å²) in [5.74, 6) is 0. The fourth-order valence-electron chi connectivity index (χ4n) is 2.33. The molecular weight excluding hydrogens is 278 g/mol. The lowest BCUT2D eigenvalue weighted by Crippen LogP contribution is -2.41. The first-order chi connectivity index (χ1) is 9.69. The van der Waals surface area contributed by atoms with E-state index < -0.39 is 0 Å². The van der Waals surface area contributed by atoms with Gasteiger partial charge in [-0.15, -0.1) is 0 Å². The molecule has 110 valence electrons. The molecule has 1 aliphatic heterocycles. The zero-order valence-electron chi connectivity index (χ0n) is 11.6. The zero-order chi connectivity index (χ0) is 14.4. The van der Waals surface area contributed by atoms with Crippen LogP contribution in [0.25, 0.3) is 0 Å². The van der Waals surface area contributed by atoms with Gasteiger partial charge in [0.05, 0.1) is 7.11 Å². The topological polar surface area (TPSA) is 44.8 Å². The number of amides is 2. The third kappa shape index (κ3) is 4.37. The van der Waals surface area contributed by atoms with Crippen LogP contribution in [0.3, 0.4) is 0 Å². The molecule has 0 radical (unpaired) electrons. The number of nitrogens with zero attached hydrogens (tertiary/aromatic N) is 2. The first-order valence-electron chi connectivity index (χ1n) is 6.74. The number of rotatable bonds is 3. The van der Waals surface area contributed by atoms with E-state index in [1.54, 1.807) is 4.90 Å². The minimum absolute atomic E-state index is 0.166. The number of hydroxylamine groups is 1. The maximum Gasteiger partial charge on any atom is 0.341 e. The molecule has 1 aromatic carbocycles. The predicted octanol–water partition coefficient (Wildman–Crippen LogP) is 2.12. The molecule has 0 bridgehead atoms. The highest BCUT2D eigenvalue weighted by Crippen LogP contribution is 2.13. The molecule has 5 nitrogen and oxygen atoms in total. The molecule has 1 fully saturated rings. The Morgan fingerprint density at radius 1 is 1.25 bits per heavy atom. The molecule has 0 aromatic heterocycles. The lowest BCUT2D eigenvalue weighted by Gasteiger charge is -2.21. The molecule has 20 heavy (non-hydrogen) atoms. The van der Waals surface area contributed by atoms with Gasteiger partial charge in [0, 0.05) is 37.7 Å². The molecule has 0 atom stereocenters. The fraction of sp³-hybridized carbons (Fsp3) is 0.500. The Bertz CT molecular complexity index is 439. The Morgan fingerprint density at radius 2 is 2.00 bits per heavy atom. The lowest BCUT2D eigenvalue weighted by atomic mass is 10.2. The maximum absolute atomic E-state index is 11.7. The quantitative estimate of drug-likeness (QED) is 0.869. The predicted molar refractivity (Wildman–Crippen MR) is 78.5 cm³/mol. The Kier molecular flexibility index (Phi) is 5.64. The largest absolute Gasteiger partial charge is 0.341 e. The number of halogens is 1. The van der Waals surface area contributed by atoms with Crippen molar-refractivity contribution in [2.75, 3.05) is 33.3 Å². The van der Waals surface area contributed by atoms with Gasteiger partial charge in [-0.2, -0.15) is 0 Å². The molecule has 1 aromatic rings. The van der Waals surface area contributed by atoms with Crippen LogP contribution in [-0.2, 0) is 11.4 Å². The van der Waals surface area contributed by atoms with Crippen LogP contribution in [0.1, 0.15) is 12.0 Å². The summed E-state index contributed by atoms with van der Waals surface area (Å²) in [4.78, 5) is 20.5. The Morgan fingerprint density at radius 3 is 2.70 bits per heavy atom. The van der Waals surface area contributed by atoms with Crippen molar-refractivity contribution in [3.63, 3.8) is 0 Å². The Balaban J connectivity index is 1.86. The van der Waals surface area contributed by atoms with Crippen LogP contribution in [0, 0.1) is 0 Å². The zero-order valence-corrected chi connectivity index (χ0v) is 12.4. The van der Waals surface area contributed by atoms with Gasteiger partial charge in [-0.05, 0) is 24.1 Å². The fourth-order valence-corrected chi connectivity index (χ4v) is 2.46. The minimum Gasteiger partial charge on any atom is -0.322 e. The highest BCUT2D eigenvalue weighted by atomic mass is 35.5. The van der Waals surface area contributed by atoms with E-state index in [0.717, 1.165) is 37.6 Å². The van der Waals surface area contributed by atoms with E-state index in [-0.39, 0.29) is 6.03 Å². The molecule has 1 heterocycles. The second-order valence-electron chi connectivity index (χ2n) is 4.85. The number of urea groups is 1. The van der Waals surface area contributed by atoms with Gasteiger partial charge >= 0.3 is 6.03 Å². The van der Waals surface area contributed by atoms with E-state index in [1.165, 1.54) is 12.7 Å². The standard InChI is InChI=1S/C14H20ClN3O2/c1-20-16-14(19)18-8-2-7-17(9-10-18)11-12-3-5-13(15)6-4-12/h3-6H,2,7-11H2,1H3,(H,16,19). The van der Waals surface area contributed by atoms with E-state index >= 15 is 0 Å². The van der Waals surface area contributed by atoms with Crippen molar-refractivity contribution in [3.05, 3.63) is 34.9 Å². The normalized spacial score (nSPS) is 16.8. The van der Waals surface area contributed by atoms with Crippen LogP contribution < -0.4 is 5.48 Å². The summed E-state index contributed by atoms with van der Waals surface area (Å²) in [6.07, 6.45) is 0.963. The number of benzene rings is 1. The third-order valence-corrected chi connectivity index (χ3v) is 3.64. The summed E-state index contributed by atoms with van der Waals surface area (Å²) < 4.78 is 0. The number of carbonyl (C=O) groups excluding carboxylic acids is 1. The molecule has 0 aliphatic carbocycles. The molecule has 1 N–H and O–H groups in total. The molecule has 1 aliphatic rings. The SMILES string of the molecule is CONC(=O)N1CCCN(Cc2ccc(Cl)cc2)CC1. The van der Waals surface area contributed by atoms with Gasteiger partial charge in [-0.1, -0.05) is 23.7 Å². The highest BCUT2D eigenvalue weighted by Gasteiger charge is 2.18. The molecule has 0 spiro atoms. The van der Waals surface area contributed by atoms with Crippen molar-refractivity contribution in [3.8, 4) is 0 Å². The number of hydrogen-bond acceptors (Lipinski definition) is 3. The van der Waals surface area contributed by atoms with Gasteiger partial charge in [0.2, 0.25) is 0 Å². The molecule has 0 unspecified atom stereocenters. The van der Waals surface area contributed by atoms with Gasteiger partial charge in [-0.25, -0.2) is 10.3 Å². The average Bonchev–Trinajstić information content (AvgIpc) is 2.67. The van der Waals surface area contributed by atoms with Crippen molar-refractivity contribution in [1.82, 2.24) is 15.3 Å². The van der Waals surface area contributed by atoms with Crippen LogP contribution in [0.4, 0.5) is 4.79 Å². The molecule has 0 saturated carbocycles. The van der Waals surface area contributed by atoms with Crippen molar-refractivity contribution >= 4 is 17.6 Å². The Hall–Kier alpha value is -1.30. The highest BCUT2D eigenvalue weighted by molar-refractivity contribution is 6.30. The maximum atomic E-state index is 11.7. The van der Waals surface area contributed by atoms with Crippen LogP contribution in [0.5, 0.6) is 0 Å². The first kappa shape index (κ1) is 15.1. The molecular formula is C14H20ClN3O2. The van der Waals surface area contributed by atoms with Gasteiger partial charge in [-0.3, -0.25) is 9.74 Å². The molecule has 6 heteroatoms. The molecule has 2 amide bonds. The van der Waals surface area contributed by atoms with E-state index in [0.29, 0.717) is 6.54 Å². The van der Waals surface area contributed by atoms with Crippen molar-refractivity contribution in [2.24, 2.45) is 0 Å². The van der Waals surface area contributed by atoms with Gasteiger partial charge in [0.15, 0.2) is 0 Å². The van der Waals surface area contributed by atoms with Gasteiger partial charge in [0.25, 0.3) is 0 Å². The number of hydrogen-bond donors (Lipinski definition) is 1. The smallest absolute Gasteiger partial charge is 0.322 e. The summed E-state index contributed by atoms with van der Waals surface area (Å²) >= 11 is 5.89. The van der Waals surface area contributed by atoms with Crippen LogP contribution >= 0.6 is 11.6 Å². The number of carbonyl (C=O) groups is 1. The van der Waals surface area contributed by atoms with E-state index in [9.17, 15) is 4.79 Å². The van der Waals surface area contributed by atoms with Crippen LogP contribution in [-0.4, -0.2) is 49.1 Å². The van der Waals surface area contributed by atoms with Gasteiger partial charge in [0.1, 0.15) is 0 Å². The summed E-state index contributed by atoms with van der Waals surface area (Å²) in [6, 6.07) is 7.74.